The first-order chi connectivity index (χ1) is 28.8. The summed E-state index contributed by atoms with van der Waals surface area (Å²) in [5.74, 6) is -2.10. The number of aliphatic hydroxyl groups is 1. The summed E-state index contributed by atoms with van der Waals surface area (Å²) in [4.78, 5) is 45.2. The van der Waals surface area contributed by atoms with Gasteiger partial charge in [0.05, 0.1) is 58.9 Å². The lowest BCUT2D eigenvalue weighted by atomic mass is 9.76. The molecule has 5 aromatic rings. The van der Waals surface area contributed by atoms with E-state index in [4.69, 9.17) is 4.74 Å². The van der Waals surface area contributed by atoms with Gasteiger partial charge in [-0.15, -0.1) is 0 Å². The maximum atomic E-state index is 14.5. The first-order valence-corrected chi connectivity index (χ1v) is 20.6. The van der Waals surface area contributed by atoms with E-state index in [1.54, 1.807) is 34.1 Å². The van der Waals surface area contributed by atoms with Crippen LogP contribution in [0.2, 0.25) is 0 Å². The van der Waals surface area contributed by atoms with Crippen LogP contribution in [0, 0.1) is 17.6 Å². The van der Waals surface area contributed by atoms with E-state index in [2.05, 4.69) is 26.5 Å². The van der Waals surface area contributed by atoms with Gasteiger partial charge in [-0.3, -0.25) is 14.5 Å². The third-order valence-corrected chi connectivity index (χ3v) is 11.7. The normalized spacial score (nSPS) is 16.7. The Bertz CT molecular complexity index is 2260. The number of aliphatic hydroxyl groups excluding tert-OH is 1. The first-order valence-electron chi connectivity index (χ1n) is 20.6. The summed E-state index contributed by atoms with van der Waals surface area (Å²) in [6.07, 6.45) is 1.18. The van der Waals surface area contributed by atoms with Crippen molar-refractivity contribution in [3.05, 3.63) is 161 Å². The number of benzene rings is 5. The van der Waals surface area contributed by atoms with E-state index in [0.717, 1.165) is 56.4 Å². The van der Waals surface area contributed by atoms with Crippen LogP contribution in [-0.2, 0) is 27.3 Å². The maximum Gasteiger partial charge on any atom is 0.410 e. The highest BCUT2D eigenvalue weighted by molar-refractivity contribution is 6.03. The van der Waals surface area contributed by atoms with E-state index in [1.165, 1.54) is 31.4 Å². The number of hydrogen-bond acceptors (Lipinski definition) is 5. The zero-order valence-corrected chi connectivity index (χ0v) is 35.7. The van der Waals surface area contributed by atoms with Crippen molar-refractivity contribution >= 4 is 23.6 Å². The second kappa shape index (κ2) is 19.4. The van der Waals surface area contributed by atoms with Crippen molar-refractivity contribution in [2.75, 3.05) is 39.7 Å². The summed E-state index contributed by atoms with van der Waals surface area (Å²) in [6.45, 7) is 1.08. The molecule has 3 amide bonds. The Balaban J connectivity index is 0.00000622. The van der Waals surface area contributed by atoms with Crippen LogP contribution < -0.4 is 22.6 Å². The topological polar surface area (TPSA) is 99.2 Å². The summed E-state index contributed by atoms with van der Waals surface area (Å²) in [7, 11) is 7.73. The summed E-state index contributed by atoms with van der Waals surface area (Å²) >= 11 is 0. The molecule has 7 rings (SSSR count). The Kier molecular flexibility index (Phi) is 14.3. The van der Waals surface area contributed by atoms with Crippen molar-refractivity contribution in [3.8, 4) is 11.1 Å². The molecule has 320 valence electrons. The van der Waals surface area contributed by atoms with Crippen LogP contribution in [-0.4, -0.2) is 79.3 Å². The molecule has 4 unspecified atom stereocenters. The van der Waals surface area contributed by atoms with Gasteiger partial charge in [-0.25, -0.2) is 13.6 Å². The lowest BCUT2D eigenvalue weighted by molar-refractivity contribution is -0.870. The number of fused-ring (bicyclic) bond motifs is 3. The highest BCUT2D eigenvalue weighted by Gasteiger charge is 2.52. The minimum Gasteiger partial charge on any atom is -1.00 e. The van der Waals surface area contributed by atoms with Gasteiger partial charge in [-0.05, 0) is 107 Å². The fourth-order valence-electron chi connectivity index (χ4n) is 8.68. The number of ether oxygens (including phenoxy) is 1. The number of hydrogen-bond donors (Lipinski definition) is 2. The SMILES string of the molecule is COC(=O)N(C(CCCC[N+](C)(C)C)C(=O)NCc1ccc(C2C(C(O)CCc3ccc(F)cc3)C(=O)N2c2ccc(F)cc2)cc1)C1c2ccccc2-c2ccccc21.[Cl-]. The molecular weight excluding hydrogens is 798 g/mol. The van der Waals surface area contributed by atoms with Crippen molar-refractivity contribution in [2.45, 2.75) is 62.9 Å². The molecule has 1 heterocycles. The quantitative estimate of drug-likeness (QED) is 0.0792. The highest BCUT2D eigenvalue weighted by atomic mass is 35.5. The predicted octanol–water partition coefficient (Wildman–Crippen LogP) is 5.37. The third-order valence-electron chi connectivity index (χ3n) is 11.7. The molecule has 12 heteroatoms. The fourth-order valence-corrected chi connectivity index (χ4v) is 8.68. The van der Waals surface area contributed by atoms with Gasteiger partial charge in [0.2, 0.25) is 11.8 Å². The molecular formula is C49H53ClF2N4O5. The first kappa shape index (κ1) is 44.9. The molecule has 1 saturated heterocycles. The lowest BCUT2D eigenvalue weighted by Gasteiger charge is -2.49. The van der Waals surface area contributed by atoms with Crippen molar-refractivity contribution in [2.24, 2.45) is 5.92 Å². The van der Waals surface area contributed by atoms with Gasteiger partial charge in [-0.1, -0.05) is 84.9 Å². The van der Waals surface area contributed by atoms with Crippen LogP contribution >= 0.6 is 0 Å². The number of unbranched alkanes of at least 4 members (excludes halogenated alkanes) is 1. The van der Waals surface area contributed by atoms with Crippen molar-refractivity contribution in [1.82, 2.24) is 10.2 Å². The number of amides is 3. The average Bonchev–Trinajstić information content (AvgIpc) is 3.57. The molecule has 1 aliphatic heterocycles. The molecule has 9 nitrogen and oxygen atoms in total. The van der Waals surface area contributed by atoms with E-state index in [0.29, 0.717) is 24.9 Å². The van der Waals surface area contributed by atoms with Gasteiger partial charge in [0.15, 0.2) is 0 Å². The third kappa shape index (κ3) is 9.96. The summed E-state index contributed by atoms with van der Waals surface area (Å²) < 4.78 is 33.6. The van der Waals surface area contributed by atoms with Gasteiger partial charge in [-0.2, -0.15) is 0 Å². The second-order valence-electron chi connectivity index (χ2n) is 16.8. The summed E-state index contributed by atoms with van der Waals surface area (Å²) in [6, 6.07) is 33.3. The molecule has 1 aliphatic carbocycles. The van der Waals surface area contributed by atoms with Gasteiger partial charge in [0.1, 0.15) is 17.7 Å². The van der Waals surface area contributed by atoms with Crippen LogP contribution in [0.3, 0.4) is 0 Å². The van der Waals surface area contributed by atoms with Crippen LogP contribution in [0.5, 0.6) is 0 Å². The Morgan fingerprint density at radius 2 is 1.34 bits per heavy atom. The molecule has 0 radical (unpaired) electrons. The van der Waals surface area contributed by atoms with Crippen LogP contribution in [0.25, 0.3) is 11.1 Å². The fraction of sp³-hybridized carbons (Fsp3) is 0.327. The number of quaternary nitrogens is 1. The zero-order chi connectivity index (χ0) is 42.6. The number of rotatable bonds is 16. The summed E-state index contributed by atoms with van der Waals surface area (Å²) in [5, 5.41) is 14.5. The van der Waals surface area contributed by atoms with E-state index in [1.807, 2.05) is 72.8 Å². The zero-order valence-electron chi connectivity index (χ0n) is 34.9. The Morgan fingerprint density at radius 3 is 1.92 bits per heavy atom. The van der Waals surface area contributed by atoms with Crippen molar-refractivity contribution in [1.29, 1.82) is 0 Å². The van der Waals surface area contributed by atoms with Crippen molar-refractivity contribution in [3.63, 3.8) is 0 Å². The van der Waals surface area contributed by atoms with Crippen LogP contribution in [0.15, 0.2) is 121 Å². The number of nitrogens with zero attached hydrogens (tertiary/aromatic N) is 3. The lowest BCUT2D eigenvalue weighted by Crippen LogP contribution is -3.00. The van der Waals surface area contributed by atoms with Crippen molar-refractivity contribution < 1.29 is 49.9 Å². The molecule has 61 heavy (non-hydrogen) atoms. The van der Waals surface area contributed by atoms with Gasteiger partial charge < -0.3 is 37.0 Å². The van der Waals surface area contributed by atoms with E-state index < -0.39 is 42.1 Å². The molecule has 1 fully saturated rings. The van der Waals surface area contributed by atoms with E-state index in [-0.39, 0.29) is 43.0 Å². The molecule has 4 atom stereocenters. The Morgan fingerprint density at radius 1 is 0.787 bits per heavy atom. The number of carbonyl (C=O) groups excluding carboxylic acids is 3. The van der Waals surface area contributed by atoms with Gasteiger partial charge >= 0.3 is 6.09 Å². The number of methoxy groups -OCH3 is 1. The molecule has 2 aliphatic rings. The smallest absolute Gasteiger partial charge is 0.410 e. The van der Waals surface area contributed by atoms with Gasteiger partial charge in [0, 0.05) is 12.2 Å². The van der Waals surface area contributed by atoms with Gasteiger partial charge in [0.25, 0.3) is 0 Å². The maximum absolute atomic E-state index is 14.5. The minimum atomic E-state index is -0.987. The average molecular weight is 851 g/mol. The molecule has 0 bridgehead atoms. The van der Waals surface area contributed by atoms with Crippen LogP contribution in [0.1, 0.15) is 65.6 Å². The molecule has 0 saturated carbocycles. The second-order valence-corrected chi connectivity index (χ2v) is 16.8. The molecule has 2 N–H and O–H groups in total. The Labute approximate surface area is 362 Å². The largest absolute Gasteiger partial charge is 1.00 e. The number of anilines is 1. The molecule has 0 spiro atoms. The number of aryl methyl sites for hydroxylation is 1. The Hall–Kier alpha value is -5.62. The summed E-state index contributed by atoms with van der Waals surface area (Å²) in [5.41, 5.74) is 6.84. The standard InChI is InChI=1S/C49H52F2N4O5.ClH/c1-55(2,3)30-10-9-15-42(54(49(59)60-4)46-40-13-7-5-11-38(40)39-12-6-8-14-41(39)46)47(57)52-31-33-16-21-34(22-17-33)45-44(43(56)29-20-32-18-23-35(50)24-19-32)48(58)53(45)37-27-25-36(51)26-28-37;/h5-8,11-14,16-19,21-28,42-46,56H,9-10,15,20,29-31H2,1-4H3;1H. The molecule has 0 aromatic heterocycles. The number of nitrogens with one attached hydrogen (secondary N) is 1. The minimum absolute atomic E-state index is 0. The van der Waals surface area contributed by atoms with Crippen LogP contribution in [0.4, 0.5) is 19.3 Å². The van der Waals surface area contributed by atoms with E-state index in [9.17, 15) is 28.3 Å². The number of halogens is 3. The monoisotopic (exact) mass is 850 g/mol. The number of β-lactam (4-membered cyclic amide) rings is 1. The number of carbonyl (C=O) groups is 3. The van der Waals surface area contributed by atoms with E-state index >= 15 is 0 Å². The molecule has 5 aromatic carbocycles. The predicted molar refractivity (Wildman–Crippen MR) is 228 cm³/mol. The highest BCUT2D eigenvalue weighted by Crippen LogP contribution is 2.48.